The van der Waals surface area contributed by atoms with Crippen LogP contribution in [0.25, 0.3) is 5.53 Å². The lowest BCUT2D eigenvalue weighted by Crippen LogP contribution is -2.33. The summed E-state index contributed by atoms with van der Waals surface area (Å²) in [4.78, 5) is 15.6. The summed E-state index contributed by atoms with van der Waals surface area (Å²) in [5.41, 5.74) is 9.51. The number of nitriles is 1. The first-order valence-corrected chi connectivity index (χ1v) is 4.57. The molecule has 80 valence electrons. The lowest BCUT2D eigenvalue weighted by atomic mass is 10.2. The quantitative estimate of drug-likeness (QED) is 0.420. The Balaban J connectivity index is 3.10. The molecule has 0 saturated heterocycles. The average molecular weight is 214 g/mol. The fourth-order valence-electron chi connectivity index (χ4n) is 1.32. The van der Waals surface area contributed by atoms with Crippen molar-refractivity contribution in [2.75, 3.05) is 11.9 Å². The van der Waals surface area contributed by atoms with Crippen LogP contribution in [0.3, 0.4) is 0 Å². The third-order valence-electron chi connectivity index (χ3n) is 2.19. The Hall–Kier alpha value is -2.44. The van der Waals surface area contributed by atoms with Gasteiger partial charge in [0, 0.05) is 12.7 Å². The van der Waals surface area contributed by atoms with Gasteiger partial charge in [-0.2, -0.15) is 5.26 Å². The highest BCUT2D eigenvalue weighted by molar-refractivity contribution is 6.47. The van der Waals surface area contributed by atoms with Crippen molar-refractivity contribution >= 4 is 17.3 Å². The molecule has 0 unspecified atom stereocenters. The van der Waals surface area contributed by atoms with E-state index in [4.69, 9.17) is 10.8 Å². The molecule has 1 aromatic carbocycles. The smallest absolute Gasteiger partial charge is 0.360 e. The fraction of sp³-hybridized carbons (Fsp3) is 0.182. The number of hydrogen-bond donors (Lipinski definition) is 0. The molecule has 0 bridgehead atoms. The van der Waals surface area contributed by atoms with E-state index < -0.39 is 11.6 Å². The maximum Gasteiger partial charge on any atom is 0.455 e. The maximum absolute atomic E-state index is 11.7. The second-order valence-electron chi connectivity index (χ2n) is 3.21. The van der Waals surface area contributed by atoms with Gasteiger partial charge in [0.25, 0.3) is 0 Å². The predicted octanol–water partition coefficient (Wildman–Crippen LogP) is 1.15. The van der Waals surface area contributed by atoms with Gasteiger partial charge < -0.3 is 10.4 Å². The van der Waals surface area contributed by atoms with Crippen molar-refractivity contribution in [1.82, 2.24) is 0 Å². The molecule has 0 spiro atoms. The normalized spacial score (nSPS) is 8.81. The number of aryl methyl sites for hydroxylation is 1. The zero-order valence-electron chi connectivity index (χ0n) is 9.01. The van der Waals surface area contributed by atoms with Crippen LogP contribution in [0.2, 0.25) is 0 Å². The molecule has 0 aliphatic heterocycles. The Morgan fingerprint density at radius 3 is 2.62 bits per heavy atom. The van der Waals surface area contributed by atoms with Gasteiger partial charge in [-0.1, -0.05) is 18.2 Å². The summed E-state index contributed by atoms with van der Waals surface area (Å²) in [6, 6.07) is 8.76. The van der Waals surface area contributed by atoms with E-state index in [9.17, 15) is 4.79 Å². The molecule has 0 aromatic heterocycles. The molecule has 5 nitrogen and oxygen atoms in total. The molecule has 0 N–H and O–H groups in total. The van der Waals surface area contributed by atoms with E-state index in [0.29, 0.717) is 5.69 Å². The molecule has 0 atom stereocenters. The van der Waals surface area contributed by atoms with Gasteiger partial charge in [0.2, 0.25) is 0 Å². The first kappa shape index (κ1) is 11.6. The highest BCUT2D eigenvalue weighted by Crippen LogP contribution is 2.17. The minimum atomic E-state index is -0.640. The number of amides is 1. The maximum atomic E-state index is 11.7. The number of carbonyl (C=O) groups is 1. The van der Waals surface area contributed by atoms with Gasteiger partial charge in [0.05, 0.1) is 0 Å². The van der Waals surface area contributed by atoms with E-state index in [1.807, 2.05) is 19.1 Å². The summed E-state index contributed by atoms with van der Waals surface area (Å²) in [6.45, 7) is 1.85. The largest absolute Gasteiger partial charge is 0.455 e. The molecule has 0 aliphatic carbocycles. The molecule has 1 aromatic rings. The van der Waals surface area contributed by atoms with E-state index in [0.717, 1.165) is 5.56 Å². The van der Waals surface area contributed by atoms with Crippen molar-refractivity contribution in [3.8, 4) is 6.07 Å². The van der Waals surface area contributed by atoms with Crippen molar-refractivity contribution in [2.24, 2.45) is 0 Å². The first-order chi connectivity index (χ1) is 7.61. The molecular weight excluding hydrogens is 204 g/mol. The van der Waals surface area contributed by atoms with Crippen molar-refractivity contribution in [2.45, 2.75) is 6.92 Å². The SMILES string of the molecule is Cc1ccccc1N(C)C(=O)C(C#N)=[N+]=[N-]. The van der Waals surface area contributed by atoms with Gasteiger partial charge in [0.1, 0.15) is 0 Å². The Bertz CT molecular complexity index is 509. The summed E-state index contributed by atoms with van der Waals surface area (Å²) in [7, 11) is 1.52. The number of nitrogens with zero attached hydrogens (tertiary/aromatic N) is 4. The highest BCUT2D eigenvalue weighted by atomic mass is 16.2. The number of benzene rings is 1. The van der Waals surface area contributed by atoms with Crippen LogP contribution >= 0.6 is 0 Å². The Morgan fingerprint density at radius 1 is 1.50 bits per heavy atom. The minimum Gasteiger partial charge on any atom is -0.360 e. The monoisotopic (exact) mass is 214 g/mol. The highest BCUT2D eigenvalue weighted by Gasteiger charge is 2.25. The molecule has 1 amide bonds. The number of carbonyl (C=O) groups excluding carboxylic acids is 1. The topological polar surface area (TPSA) is 80.5 Å². The van der Waals surface area contributed by atoms with Crippen LogP contribution in [-0.2, 0) is 4.79 Å². The van der Waals surface area contributed by atoms with E-state index in [-0.39, 0.29) is 0 Å². The second kappa shape index (κ2) is 4.87. The van der Waals surface area contributed by atoms with Gasteiger partial charge in [-0.15, -0.1) is 4.79 Å². The molecule has 1 rings (SSSR count). The lowest BCUT2D eigenvalue weighted by molar-refractivity contribution is -0.116. The molecule has 16 heavy (non-hydrogen) atoms. The number of rotatable bonds is 2. The van der Waals surface area contributed by atoms with Gasteiger partial charge in [-0.05, 0) is 18.6 Å². The van der Waals surface area contributed by atoms with Crippen LogP contribution in [0.4, 0.5) is 5.69 Å². The molecule has 0 radical (unpaired) electrons. The molecule has 0 fully saturated rings. The molecule has 5 heteroatoms. The van der Waals surface area contributed by atoms with Crippen LogP contribution < -0.4 is 4.90 Å². The summed E-state index contributed by atoms with van der Waals surface area (Å²) < 4.78 is 0. The van der Waals surface area contributed by atoms with E-state index in [2.05, 4.69) is 4.79 Å². The van der Waals surface area contributed by atoms with Gasteiger partial charge in [-0.25, -0.2) is 0 Å². The van der Waals surface area contributed by atoms with Crippen LogP contribution in [-0.4, -0.2) is 23.5 Å². The average Bonchev–Trinajstić information content (AvgIpc) is 2.30. The van der Waals surface area contributed by atoms with Gasteiger partial charge in [-0.3, -0.25) is 4.79 Å². The fourth-order valence-corrected chi connectivity index (χ4v) is 1.32. The molecule has 0 saturated carbocycles. The Morgan fingerprint density at radius 2 is 2.12 bits per heavy atom. The van der Waals surface area contributed by atoms with Gasteiger partial charge in [0.15, 0.2) is 6.07 Å². The van der Waals surface area contributed by atoms with Gasteiger partial charge >= 0.3 is 11.6 Å². The summed E-state index contributed by atoms with van der Waals surface area (Å²) in [5.74, 6) is -0.640. The van der Waals surface area contributed by atoms with Crippen LogP contribution in [0.5, 0.6) is 0 Å². The van der Waals surface area contributed by atoms with Crippen LogP contribution in [0, 0.1) is 18.3 Å². The standard InChI is InChI=1S/C11H10N4O/c1-8-5-3-4-6-10(8)15(2)11(16)9(7-12)14-13/h3-6H,1-2H3. The van der Waals surface area contributed by atoms with E-state index >= 15 is 0 Å². The second-order valence-corrected chi connectivity index (χ2v) is 3.21. The summed E-state index contributed by atoms with van der Waals surface area (Å²) >= 11 is 0. The number of para-hydroxylation sites is 1. The van der Waals surface area contributed by atoms with E-state index in [1.54, 1.807) is 12.1 Å². The van der Waals surface area contributed by atoms with Crippen molar-refractivity contribution in [3.63, 3.8) is 0 Å². The third-order valence-corrected chi connectivity index (χ3v) is 2.19. The first-order valence-electron chi connectivity index (χ1n) is 4.57. The number of hydrogen-bond acceptors (Lipinski definition) is 2. The lowest BCUT2D eigenvalue weighted by Gasteiger charge is -2.15. The molecule has 0 heterocycles. The number of anilines is 1. The minimum absolute atomic E-state index is 0.536. The molecular formula is C11H10N4O. The van der Waals surface area contributed by atoms with Crippen molar-refractivity contribution in [1.29, 1.82) is 5.26 Å². The van der Waals surface area contributed by atoms with Crippen molar-refractivity contribution < 1.29 is 9.58 Å². The summed E-state index contributed by atoms with van der Waals surface area (Å²) in [5, 5.41) is 8.57. The van der Waals surface area contributed by atoms with E-state index in [1.165, 1.54) is 18.0 Å². The van der Waals surface area contributed by atoms with Crippen LogP contribution in [0.15, 0.2) is 24.3 Å². The van der Waals surface area contributed by atoms with Crippen LogP contribution in [0.1, 0.15) is 5.56 Å². The zero-order chi connectivity index (χ0) is 12.1. The zero-order valence-corrected chi connectivity index (χ0v) is 9.01. The predicted molar refractivity (Wildman–Crippen MR) is 58.8 cm³/mol. The van der Waals surface area contributed by atoms with Crippen molar-refractivity contribution in [3.05, 3.63) is 35.4 Å². The molecule has 0 aliphatic rings. The summed E-state index contributed by atoms with van der Waals surface area (Å²) in [6.07, 6.45) is 0. The third kappa shape index (κ3) is 2.14. The Labute approximate surface area is 93.2 Å². The Kier molecular flexibility index (Phi) is 3.54.